The summed E-state index contributed by atoms with van der Waals surface area (Å²) in [7, 11) is 3.19. The second-order valence-corrected chi connectivity index (χ2v) is 5.38. The lowest BCUT2D eigenvalue weighted by atomic mass is 10.1. The number of amides is 1. The number of nitrogens with zero attached hydrogens (tertiary/aromatic N) is 1. The number of benzene rings is 1. The van der Waals surface area contributed by atoms with Gasteiger partial charge in [-0.1, -0.05) is 0 Å². The van der Waals surface area contributed by atoms with Crippen LogP contribution in [0.2, 0.25) is 0 Å². The predicted molar refractivity (Wildman–Crippen MR) is 88.8 cm³/mol. The van der Waals surface area contributed by atoms with Crippen molar-refractivity contribution in [1.82, 2.24) is 10.3 Å². The molecular formula is C18H22N2O3. The summed E-state index contributed by atoms with van der Waals surface area (Å²) in [6, 6.07) is 9.39. The Morgan fingerprint density at radius 3 is 2.57 bits per heavy atom. The number of pyridine rings is 1. The zero-order valence-corrected chi connectivity index (χ0v) is 13.7. The molecule has 0 saturated heterocycles. The highest BCUT2D eigenvalue weighted by atomic mass is 16.5. The first-order chi connectivity index (χ1) is 11.1. The minimum atomic E-state index is -0.0434. The van der Waals surface area contributed by atoms with E-state index < -0.39 is 0 Å². The summed E-state index contributed by atoms with van der Waals surface area (Å²) in [5, 5.41) is 3.01. The van der Waals surface area contributed by atoms with Crippen molar-refractivity contribution in [1.29, 1.82) is 0 Å². The Hall–Kier alpha value is -2.56. The van der Waals surface area contributed by atoms with E-state index in [9.17, 15) is 4.79 Å². The van der Waals surface area contributed by atoms with Crippen LogP contribution in [0, 0.1) is 0 Å². The van der Waals surface area contributed by atoms with E-state index in [1.165, 1.54) is 0 Å². The number of aromatic nitrogens is 1. The summed E-state index contributed by atoms with van der Waals surface area (Å²) in [6.07, 6.45) is 4.53. The Labute approximate surface area is 136 Å². The van der Waals surface area contributed by atoms with E-state index >= 15 is 0 Å². The number of hydrogen-bond acceptors (Lipinski definition) is 4. The van der Waals surface area contributed by atoms with Crippen molar-refractivity contribution < 1.29 is 14.3 Å². The molecule has 0 fully saturated rings. The normalized spacial score (nSPS) is 11.6. The molecule has 0 aliphatic heterocycles. The van der Waals surface area contributed by atoms with E-state index in [-0.39, 0.29) is 18.4 Å². The molecule has 2 aromatic rings. The van der Waals surface area contributed by atoms with Crippen molar-refractivity contribution in [3.05, 3.63) is 53.9 Å². The molecule has 122 valence electrons. The lowest BCUT2D eigenvalue weighted by Gasteiger charge is -2.15. The van der Waals surface area contributed by atoms with Gasteiger partial charge in [0, 0.05) is 24.0 Å². The molecule has 0 aliphatic rings. The van der Waals surface area contributed by atoms with Gasteiger partial charge in [-0.3, -0.25) is 9.78 Å². The molecule has 23 heavy (non-hydrogen) atoms. The average molecular weight is 314 g/mol. The van der Waals surface area contributed by atoms with Gasteiger partial charge in [-0.05, 0) is 49.2 Å². The van der Waals surface area contributed by atoms with Crippen LogP contribution in [-0.4, -0.2) is 31.2 Å². The molecule has 1 aromatic heterocycles. The first-order valence-corrected chi connectivity index (χ1v) is 7.51. The SMILES string of the molecule is COc1ccc(OC)c(CC(=O)N[C@@H](C)Cc2ccncc2)c1. The van der Waals surface area contributed by atoms with E-state index in [0.29, 0.717) is 11.5 Å². The maximum Gasteiger partial charge on any atom is 0.224 e. The number of hydrogen-bond donors (Lipinski definition) is 1. The summed E-state index contributed by atoms with van der Waals surface area (Å²) in [4.78, 5) is 16.3. The highest BCUT2D eigenvalue weighted by Crippen LogP contribution is 2.24. The van der Waals surface area contributed by atoms with Crippen LogP contribution in [-0.2, 0) is 17.6 Å². The van der Waals surface area contributed by atoms with Gasteiger partial charge in [0.25, 0.3) is 0 Å². The fourth-order valence-electron chi connectivity index (χ4n) is 2.44. The number of rotatable bonds is 7. The maximum absolute atomic E-state index is 12.3. The Kier molecular flexibility index (Phi) is 5.97. The standard InChI is InChI=1S/C18H22N2O3/c1-13(10-14-6-8-19-9-7-14)20-18(21)12-15-11-16(22-2)4-5-17(15)23-3/h4-9,11,13H,10,12H2,1-3H3,(H,20,21)/t13-/m0/s1. The van der Waals surface area contributed by atoms with Gasteiger partial charge in [0.2, 0.25) is 5.91 Å². The van der Waals surface area contributed by atoms with Gasteiger partial charge in [0.15, 0.2) is 0 Å². The number of ether oxygens (including phenoxy) is 2. The van der Waals surface area contributed by atoms with Crippen molar-refractivity contribution in [3.8, 4) is 11.5 Å². The molecule has 1 aromatic carbocycles. The van der Waals surface area contributed by atoms with Gasteiger partial charge in [-0.2, -0.15) is 0 Å². The van der Waals surface area contributed by atoms with Crippen LogP contribution in [0.1, 0.15) is 18.1 Å². The minimum absolute atomic E-state index is 0.0431. The first-order valence-electron chi connectivity index (χ1n) is 7.51. The highest BCUT2D eigenvalue weighted by Gasteiger charge is 2.13. The molecule has 0 unspecified atom stereocenters. The number of carbonyl (C=O) groups is 1. The summed E-state index contributed by atoms with van der Waals surface area (Å²) >= 11 is 0. The smallest absolute Gasteiger partial charge is 0.224 e. The molecule has 0 spiro atoms. The first kappa shape index (κ1) is 16.8. The Morgan fingerprint density at radius 2 is 1.91 bits per heavy atom. The zero-order chi connectivity index (χ0) is 16.7. The monoisotopic (exact) mass is 314 g/mol. The van der Waals surface area contributed by atoms with Crippen molar-refractivity contribution in [3.63, 3.8) is 0 Å². The van der Waals surface area contributed by atoms with Gasteiger partial charge in [0.05, 0.1) is 20.6 Å². The summed E-state index contributed by atoms with van der Waals surface area (Å²) in [6.45, 7) is 1.99. The number of carbonyl (C=O) groups excluding carboxylic acids is 1. The van der Waals surface area contributed by atoms with Gasteiger partial charge >= 0.3 is 0 Å². The molecular weight excluding hydrogens is 292 g/mol. The van der Waals surface area contributed by atoms with Gasteiger partial charge in [-0.15, -0.1) is 0 Å². The summed E-state index contributed by atoms with van der Waals surface area (Å²) in [5.74, 6) is 1.35. The highest BCUT2D eigenvalue weighted by molar-refractivity contribution is 5.79. The Bertz CT molecular complexity index is 644. The minimum Gasteiger partial charge on any atom is -0.497 e. The third-order valence-corrected chi connectivity index (χ3v) is 3.54. The van der Waals surface area contributed by atoms with Crippen molar-refractivity contribution >= 4 is 5.91 Å². The molecule has 0 radical (unpaired) electrons. The number of methoxy groups -OCH3 is 2. The van der Waals surface area contributed by atoms with Crippen LogP contribution in [0.3, 0.4) is 0 Å². The maximum atomic E-state index is 12.3. The second-order valence-electron chi connectivity index (χ2n) is 5.38. The van der Waals surface area contributed by atoms with E-state index in [0.717, 1.165) is 17.5 Å². The van der Waals surface area contributed by atoms with Crippen LogP contribution in [0.4, 0.5) is 0 Å². The van der Waals surface area contributed by atoms with Crippen LogP contribution < -0.4 is 14.8 Å². The average Bonchev–Trinajstić information content (AvgIpc) is 2.55. The predicted octanol–water partition coefficient (Wildman–Crippen LogP) is 2.39. The zero-order valence-electron chi connectivity index (χ0n) is 13.7. The summed E-state index contributed by atoms with van der Waals surface area (Å²) in [5.41, 5.74) is 1.95. The molecule has 1 heterocycles. The lowest BCUT2D eigenvalue weighted by Crippen LogP contribution is -2.35. The second kappa shape index (κ2) is 8.17. The van der Waals surface area contributed by atoms with E-state index in [2.05, 4.69) is 10.3 Å². The number of nitrogens with one attached hydrogen (secondary N) is 1. The third kappa shape index (κ3) is 4.98. The largest absolute Gasteiger partial charge is 0.497 e. The van der Waals surface area contributed by atoms with Crippen LogP contribution in [0.15, 0.2) is 42.7 Å². The molecule has 0 bridgehead atoms. The molecule has 1 amide bonds. The molecule has 0 aliphatic carbocycles. The van der Waals surface area contributed by atoms with Gasteiger partial charge < -0.3 is 14.8 Å². The molecule has 5 nitrogen and oxygen atoms in total. The van der Waals surface area contributed by atoms with Crippen molar-refractivity contribution in [2.75, 3.05) is 14.2 Å². The van der Waals surface area contributed by atoms with Crippen LogP contribution >= 0.6 is 0 Å². The van der Waals surface area contributed by atoms with Crippen LogP contribution in [0.25, 0.3) is 0 Å². The topological polar surface area (TPSA) is 60.5 Å². The molecule has 0 saturated carbocycles. The fourth-order valence-corrected chi connectivity index (χ4v) is 2.44. The van der Waals surface area contributed by atoms with Gasteiger partial charge in [0.1, 0.15) is 11.5 Å². The fraction of sp³-hybridized carbons (Fsp3) is 0.333. The van der Waals surface area contributed by atoms with Crippen LogP contribution in [0.5, 0.6) is 11.5 Å². The molecule has 5 heteroatoms. The quantitative estimate of drug-likeness (QED) is 0.852. The van der Waals surface area contributed by atoms with E-state index in [1.54, 1.807) is 26.6 Å². The van der Waals surface area contributed by atoms with E-state index in [1.807, 2.05) is 37.3 Å². The Morgan fingerprint density at radius 1 is 1.17 bits per heavy atom. The van der Waals surface area contributed by atoms with Crippen molar-refractivity contribution in [2.45, 2.75) is 25.8 Å². The molecule has 2 rings (SSSR count). The Balaban J connectivity index is 1.96. The van der Waals surface area contributed by atoms with Gasteiger partial charge in [-0.25, -0.2) is 0 Å². The lowest BCUT2D eigenvalue weighted by molar-refractivity contribution is -0.121. The van der Waals surface area contributed by atoms with E-state index in [4.69, 9.17) is 9.47 Å². The third-order valence-electron chi connectivity index (χ3n) is 3.54. The van der Waals surface area contributed by atoms with Crippen molar-refractivity contribution in [2.24, 2.45) is 0 Å². The summed E-state index contributed by atoms with van der Waals surface area (Å²) < 4.78 is 10.5. The molecule has 1 atom stereocenters. The molecule has 1 N–H and O–H groups in total.